The lowest BCUT2D eigenvalue weighted by atomic mass is 9.74. The molecule has 0 aliphatic carbocycles. The second-order valence-electron chi connectivity index (χ2n) is 5.53. The van der Waals surface area contributed by atoms with Crippen LogP contribution in [0.15, 0.2) is 12.3 Å². The molecular weight excluding hydrogens is 292 g/mol. The molecule has 0 saturated carbocycles. The van der Waals surface area contributed by atoms with Crippen molar-refractivity contribution in [3.8, 4) is 6.07 Å². The van der Waals surface area contributed by atoms with Crippen LogP contribution in [0.3, 0.4) is 0 Å². The maximum absolute atomic E-state index is 12.0. The average Bonchev–Trinajstić information content (AvgIpc) is 2.88. The molecule has 2 fully saturated rings. The summed E-state index contributed by atoms with van der Waals surface area (Å²) in [6.07, 6.45) is 2.16. The number of carbonyl (C=O) groups is 1. The number of primary amides is 1. The number of nitriles is 1. The van der Waals surface area contributed by atoms with Crippen LogP contribution in [0.4, 0.5) is 5.82 Å². The van der Waals surface area contributed by atoms with Crippen LogP contribution < -0.4 is 10.6 Å². The van der Waals surface area contributed by atoms with Crippen LogP contribution in [-0.2, 0) is 9.53 Å². The van der Waals surface area contributed by atoms with Crippen molar-refractivity contribution in [1.82, 2.24) is 4.98 Å². The molecule has 0 spiro atoms. The van der Waals surface area contributed by atoms with Crippen molar-refractivity contribution in [2.24, 2.45) is 17.1 Å². The third kappa shape index (κ3) is 2.13. The number of nitrogens with zero attached hydrogens (tertiary/aromatic N) is 3. The highest BCUT2D eigenvalue weighted by Crippen LogP contribution is 2.44. The number of hydrogen-bond donors (Lipinski definition) is 1. The first-order chi connectivity index (χ1) is 10.1. The minimum absolute atomic E-state index is 0.0346. The van der Waals surface area contributed by atoms with Gasteiger partial charge < -0.3 is 15.4 Å². The average molecular weight is 307 g/mol. The van der Waals surface area contributed by atoms with Gasteiger partial charge in [-0.05, 0) is 12.5 Å². The first-order valence-corrected chi connectivity index (χ1v) is 7.13. The van der Waals surface area contributed by atoms with Gasteiger partial charge in [-0.25, -0.2) is 4.98 Å². The fourth-order valence-electron chi connectivity index (χ4n) is 3.25. The lowest BCUT2D eigenvalue weighted by Crippen LogP contribution is -2.48. The molecular formula is C14H15ClN4O2. The number of aromatic nitrogens is 1. The maximum atomic E-state index is 12.0. The van der Waals surface area contributed by atoms with E-state index in [0.29, 0.717) is 49.1 Å². The second kappa shape index (κ2) is 5.17. The Morgan fingerprint density at radius 2 is 2.48 bits per heavy atom. The molecule has 21 heavy (non-hydrogen) atoms. The monoisotopic (exact) mass is 306 g/mol. The molecule has 1 amide bonds. The predicted molar refractivity (Wildman–Crippen MR) is 76.7 cm³/mol. The highest BCUT2D eigenvalue weighted by atomic mass is 35.5. The van der Waals surface area contributed by atoms with Crippen molar-refractivity contribution in [2.75, 3.05) is 31.2 Å². The van der Waals surface area contributed by atoms with Crippen LogP contribution in [0.25, 0.3) is 0 Å². The van der Waals surface area contributed by atoms with E-state index in [1.54, 1.807) is 12.3 Å². The van der Waals surface area contributed by atoms with Gasteiger partial charge in [0.15, 0.2) is 0 Å². The van der Waals surface area contributed by atoms with E-state index in [-0.39, 0.29) is 11.8 Å². The first-order valence-electron chi connectivity index (χ1n) is 6.75. The number of carbonyl (C=O) groups excluding carboxylic acids is 1. The lowest BCUT2D eigenvalue weighted by molar-refractivity contribution is -0.135. The predicted octanol–water partition coefficient (Wildman–Crippen LogP) is 0.935. The van der Waals surface area contributed by atoms with Crippen molar-refractivity contribution < 1.29 is 9.53 Å². The van der Waals surface area contributed by atoms with Crippen LogP contribution in [0, 0.1) is 22.7 Å². The van der Waals surface area contributed by atoms with Gasteiger partial charge in [0.2, 0.25) is 5.91 Å². The molecule has 2 aliphatic rings. The van der Waals surface area contributed by atoms with E-state index >= 15 is 0 Å². The fourth-order valence-corrected chi connectivity index (χ4v) is 3.53. The molecule has 2 N–H and O–H groups in total. The minimum atomic E-state index is -0.591. The molecule has 7 heteroatoms. The molecule has 0 unspecified atom stereocenters. The molecule has 2 atom stereocenters. The zero-order chi connectivity index (χ0) is 15.0. The summed E-state index contributed by atoms with van der Waals surface area (Å²) >= 11 is 6.24. The number of nitrogens with two attached hydrogens (primary N) is 1. The van der Waals surface area contributed by atoms with Gasteiger partial charge in [0.1, 0.15) is 16.9 Å². The van der Waals surface area contributed by atoms with Gasteiger partial charge in [0.05, 0.1) is 17.6 Å². The number of pyridine rings is 1. The largest absolute Gasteiger partial charge is 0.381 e. The topological polar surface area (TPSA) is 92.2 Å². The Labute approximate surface area is 127 Å². The molecule has 1 aromatic rings. The van der Waals surface area contributed by atoms with Gasteiger partial charge in [-0.2, -0.15) is 5.26 Å². The lowest BCUT2D eigenvalue weighted by Gasteiger charge is -2.35. The van der Waals surface area contributed by atoms with Crippen LogP contribution >= 0.6 is 11.6 Å². The first kappa shape index (κ1) is 14.1. The number of ether oxygens (including phenoxy) is 1. The zero-order valence-electron chi connectivity index (χ0n) is 11.4. The second-order valence-corrected chi connectivity index (χ2v) is 5.91. The number of amides is 1. The molecule has 0 bridgehead atoms. The molecule has 6 nitrogen and oxygen atoms in total. The van der Waals surface area contributed by atoms with Crippen molar-refractivity contribution in [3.05, 3.63) is 22.8 Å². The smallest absolute Gasteiger partial charge is 0.225 e. The summed E-state index contributed by atoms with van der Waals surface area (Å²) < 4.78 is 5.48. The van der Waals surface area contributed by atoms with Gasteiger partial charge in [0.25, 0.3) is 0 Å². The summed E-state index contributed by atoms with van der Waals surface area (Å²) in [4.78, 5) is 18.2. The quantitative estimate of drug-likeness (QED) is 0.877. The molecule has 3 rings (SSSR count). The molecule has 1 aromatic heterocycles. The Morgan fingerprint density at radius 3 is 3.14 bits per heavy atom. The van der Waals surface area contributed by atoms with Crippen molar-refractivity contribution in [1.29, 1.82) is 5.26 Å². The van der Waals surface area contributed by atoms with E-state index in [1.807, 2.05) is 11.0 Å². The number of fused-ring (bicyclic) bond motifs is 1. The Morgan fingerprint density at radius 1 is 1.67 bits per heavy atom. The van der Waals surface area contributed by atoms with Crippen LogP contribution in [0.2, 0.25) is 5.02 Å². The summed E-state index contributed by atoms with van der Waals surface area (Å²) in [5, 5.41) is 9.37. The van der Waals surface area contributed by atoms with Gasteiger partial charge in [-0.3, -0.25) is 4.79 Å². The van der Waals surface area contributed by atoms with E-state index in [4.69, 9.17) is 27.3 Å². The summed E-state index contributed by atoms with van der Waals surface area (Å²) in [6.45, 7) is 2.12. The van der Waals surface area contributed by atoms with E-state index in [0.717, 1.165) is 0 Å². The van der Waals surface area contributed by atoms with E-state index in [2.05, 4.69) is 4.98 Å². The Kier molecular flexibility index (Phi) is 3.47. The number of hydrogen-bond acceptors (Lipinski definition) is 5. The molecule has 0 radical (unpaired) electrons. The van der Waals surface area contributed by atoms with E-state index in [1.165, 1.54) is 0 Å². The highest BCUT2D eigenvalue weighted by molar-refractivity contribution is 6.34. The Balaban J connectivity index is 1.96. The van der Waals surface area contributed by atoms with Gasteiger partial charge in [-0.1, -0.05) is 11.6 Å². The molecule has 2 aliphatic heterocycles. The summed E-state index contributed by atoms with van der Waals surface area (Å²) in [5.41, 5.74) is 5.44. The Bertz CT molecular complexity index is 630. The molecule has 3 heterocycles. The van der Waals surface area contributed by atoms with Gasteiger partial charge in [-0.15, -0.1) is 0 Å². The third-order valence-electron chi connectivity index (χ3n) is 4.49. The zero-order valence-corrected chi connectivity index (χ0v) is 12.1. The SMILES string of the molecule is N#Cc1ccnc(N2C[C@@H]3COCC[C@]3(C(N)=O)C2)c1Cl. The number of anilines is 1. The number of halogens is 1. The highest BCUT2D eigenvalue weighted by Gasteiger charge is 2.53. The van der Waals surface area contributed by atoms with Crippen molar-refractivity contribution in [2.45, 2.75) is 6.42 Å². The van der Waals surface area contributed by atoms with E-state index < -0.39 is 5.41 Å². The third-order valence-corrected chi connectivity index (χ3v) is 4.86. The molecule has 0 aromatic carbocycles. The fraction of sp³-hybridized carbons (Fsp3) is 0.500. The Hall–Kier alpha value is -1.84. The molecule has 2 saturated heterocycles. The van der Waals surface area contributed by atoms with Crippen molar-refractivity contribution >= 4 is 23.3 Å². The summed E-state index contributed by atoms with van der Waals surface area (Å²) in [6, 6.07) is 3.61. The van der Waals surface area contributed by atoms with Crippen LogP contribution in [0.1, 0.15) is 12.0 Å². The van der Waals surface area contributed by atoms with E-state index in [9.17, 15) is 4.79 Å². The summed E-state index contributed by atoms with van der Waals surface area (Å²) in [5.74, 6) is 0.268. The molecule has 110 valence electrons. The van der Waals surface area contributed by atoms with Gasteiger partial charge >= 0.3 is 0 Å². The summed E-state index contributed by atoms with van der Waals surface area (Å²) in [7, 11) is 0. The normalized spacial score (nSPS) is 28.0. The number of rotatable bonds is 2. The minimum Gasteiger partial charge on any atom is -0.381 e. The maximum Gasteiger partial charge on any atom is 0.225 e. The van der Waals surface area contributed by atoms with Crippen molar-refractivity contribution in [3.63, 3.8) is 0 Å². The van der Waals surface area contributed by atoms with Crippen LogP contribution in [-0.4, -0.2) is 37.2 Å². The standard InChI is InChI=1S/C14H15ClN4O2/c15-11-9(5-16)1-3-18-12(11)19-6-10-7-21-4-2-14(10,8-19)13(17)20/h1,3,10H,2,4,6-8H2,(H2,17,20)/t10-,14+/m1/s1. The van der Waals surface area contributed by atoms with Crippen LogP contribution in [0.5, 0.6) is 0 Å². The van der Waals surface area contributed by atoms with Gasteiger partial charge in [0, 0.05) is 31.8 Å².